The Balaban J connectivity index is 1.41. The maximum atomic E-state index is 12.9. The Kier molecular flexibility index (Phi) is 8.41. The van der Waals surface area contributed by atoms with Crippen molar-refractivity contribution < 1.29 is 64.2 Å². The van der Waals surface area contributed by atoms with Crippen LogP contribution in [0.1, 0.15) is 48.7 Å². The van der Waals surface area contributed by atoms with Crippen LogP contribution in [0.15, 0.2) is 36.4 Å². The molecule has 2 saturated heterocycles. The summed E-state index contributed by atoms with van der Waals surface area (Å²) >= 11 is 0. The highest BCUT2D eigenvalue weighted by molar-refractivity contribution is 6.02. The van der Waals surface area contributed by atoms with E-state index in [-0.39, 0.29) is 41.4 Å². The van der Waals surface area contributed by atoms with Gasteiger partial charge in [0, 0.05) is 12.1 Å². The Labute approximate surface area is 235 Å². The molecule has 3 heterocycles. The van der Waals surface area contributed by atoms with Crippen molar-refractivity contribution in [1.82, 2.24) is 0 Å². The Bertz CT molecular complexity index is 1240. The first-order chi connectivity index (χ1) is 19.5. The number of phenols is 2. The fourth-order valence-corrected chi connectivity index (χ4v) is 5.26. The van der Waals surface area contributed by atoms with Crippen molar-refractivity contribution in [3.05, 3.63) is 47.5 Å². The van der Waals surface area contributed by atoms with E-state index in [2.05, 4.69) is 0 Å². The number of carbonyl (C=O) groups is 1. The number of aliphatic hydroxyl groups is 5. The minimum Gasteiger partial charge on any atom is -0.508 e. The average molecular weight is 579 g/mol. The number of Topliss-reactive ketones (excluding diaryl/α,β-unsaturated/α-hetero) is 1. The van der Waals surface area contributed by atoms with Gasteiger partial charge in [-0.05, 0) is 31.0 Å². The molecule has 0 spiro atoms. The third-order valence-corrected chi connectivity index (χ3v) is 7.64. The molecule has 2 fully saturated rings. The lowest BCUT2D eigenvalue weighted by atomic mass is 9.95. The molecule has 5 rings (SSSR count). The molecule has 13 heteroatoms. The lowest BCUT2D eigenvalue weighted by molar-refractivity contribution is -0.353. The van der Waals surface area contributed by atoms with Gasteiger partial charge in [0.2, 0.25) is 6.29 Å². The van der Waals surface area contributed by atoms with Crippen molar-refractivity contribution in [2.45, 2.75) is 94.2 Å². The van der Waals surface area contributed by atoms with Crippen LogP contribution in [-0.4, -0.2) is 103 Å². The predicted molar refractivity (Wildman–Crippen MR) is 137 cm³/mol. The van der Waals surface area contributed by atoms with Crippen LogP contribution in [0, 0.1) is 0 Å². The lowest BCUT2D eigenvalue weighted by Gasteiger charge is -2.45. The zero-order valence-corrected chi connectivity index (χ0v) is 22.3. The van der Waals surface area contributed by atoms with E-state index in [1.54, 1.807) is 19.1 Å². The molecule has 3 aliphatic rings. The number of ketones is 1. The molecular formula is C28H34O13. The summed E-state index contributed by atoms with van der Waals surface area (Å²) < 4.78 is 29.1. The smallest absolute Gasteiger partial charge is 0.229 e. The summed E-state index contributed by atoms with van der Waals surface area (Å²) in [6, 6.07) is 8.71. The Morgan fingerprint density at radius 3 is 2.27 bits per heavy atom. The SMILES string of the molecule is CCC1OC(Oc2cc(O)c3c(c2)OC(c2ccc(O)cc2)CC3=O)C(OC2OC(C)C(O)C(O)C2O)C(O)C1O. The Morgan fingerprint density at radius 2 is 1.59 bits per heavy atom. The van der Waals surface area contributed by atoms with Crippen LogP contribution >= 0.6 is 0 Å². The quantitative estimate of drug-likeness (QED) is 0.246. The maximum Gasteiger partial charge on any atom is 0.229 e. The van der Waals surface area contributed by atoms with E-state index < -0.39 is 73.3 Å². The highest BCUT2D eigenvalue weighted by Gasteiger charge is 2.50. The van der Waals surface area contributed by atoms with Gasteiger partial charge >= 0.3 is 0 Å². The van der Waals surface area contributed by atoms with Crippen LogP contribution in [-0.2, 0) is 14.2 Å². The first-order valence-electron chi connectivity index (χ1n) is 13.4. The number of fused-ring (bicyclic) bond motifs is 1. The summed E-state index contributed by atoms with van der Waals surface area (Å²) in [5, 5.41) is 72.4. The van der Waals surface area contributed by atoms with E-state index in [9.17, 15) is 40.5 Å². The number of aliphatic hydroxyl groups excluding tert-OH is 5. The molecule has 0 saturated carbocycles. The summed E-state index contributed by atoms with van der Waals surface area (Å²) in [6.45, 7) is 3.18. The Morgan fingerprint density at radius 1 is 0.878 bits per heavy atom. The monoisotopic (exact) mass is 578 g/mol. The summed E-state index contributed by atoms with van der Waals surface area (Å²) in [5.41, 5.74) is 0.596. The molecule has 0 amide bonds. The number of phenolic OH excluding ortho intramolecular Hbond substituents is 2. The van der Waals surface area contributed by atoms with E-state index in [0.29, 0.717) is 5.56 Å². The molecule has 13 nitrogen and oxygen atoms in total. The lowest BCUT2D eigenvalue weighted by Crippen LogP contribution is -2.64. The molecule has 11 unspecified atom stereocenters. The molecule has 7 N–H and O–H groups in total. The van der Waals surface area contributed by atoms with Gasteiger partial charge in [-0.25, -0.2) is 0 Å². The zero-order valence-electron chi connectivity index (χ0n) is 22.3. The van der Waals surface area contributed by atoms with Crippen molar-refractivity contribution in [1.29, 1.82) is 0 Å². The second-order valence-electron chi connectivity index (χ2n) is 10.5. The zero-order chi connectivity index (χ0) is 29.6. The molecule has 0 aromatic heterocycles. The van der Waals surface area contributed by atoms with Crippen molar-refractivity contribution in [2.24, 2.45) is 0 Å². The number of benzene rings is 2. The highest BCUT2D eigenvalue weighted by Crippen LogP contribution is 2.43. The molecule has 2 aromatic rings. The van der Waals surface area contributed by atoms with Crippen molar-refractivity contribution in [3.63, 3.8) is 0 Å². The van der Waals surface area contributed by atoms with Crippen LogP contribution in [0.5, 0.6) is 23.0 Å². The molecular weight excluding hydrogens is 544 g/mol. The van der Waals surface area contributed by atoms with Gasteiger partial charge in [-0.3, -0.25) is 4.79 Å². The topological polar surface area (TPSA) is 205 Å². The van der Waals surface area contributed by atoms with Crippen LogP contribution in [0.2, 0.25) is 0 Å². The van der Waals surface area contributed by atoms with Crippen LogP contribution in [0.3, 0.4) is 0 Å². The van der Waals surface area contributed by atoms with Gasteiger partial charge < -0.3 is 59.4 Å². The highest BCUT2D eigenvalue weighted by atomic mass is 16.8. The molecule has 11 atom stereocenters. The van der Waals surface area contributed by atoms with Crippen LogP contribution in [0.25, 0.3) is 0 Å². The van der Waals surface area contributed by atoms with E-state index >= 15 is 0 Å². The molecule has 3 aliphatic heterocycles. The van der Waals surface area contributed by atoms with Gasteiger partial charge in [-0.15, -0.1) is 0 Å². The third kappa shape index (κ3) is 5.72. The molecule has 0 aliphatic carbocycles. The number of hydrogen-bond donors (Lipinski definition) is 7. The third-order valence-electron chi connectivity index (χ3n) is 7.64. The van der Waals surface area contributed by atoms with Gasteiger partial charge in [-0.2, -0.15) is 0 Å². The summed E-state index contributed by atoms with van der Waals surface area (Å²) in [4.78, 5) is 12.9. The van der Waals surface area contributed by atoms with Gasteiger partial charge in [0.15, 0.2) is 18.2 Å². The van der Waals surface area contributed by atoms with Crippen molar-refractivity contribution in [2.75, 3.05) is 0 Å². The predicted octanol–water partition coefficient (Wildman–Crippen LogP) is 0.252. The molecule has 0 bridgehead atoms. The summed E-state index contributed by atoms with van der Waals surface area (Å²) in [5.74, 6) is -0.715. The number of carbonyl (C=O) groups excluding carboxylic acids is 1. The largest absolute Gasteiger partial charge is 0.508 e. The number of rotatable bonds is 6. The van der Waals surface area contributed by atoms with E-state index in [4.69, 9.17) is 23.7 Å². The Hall–Kier alpha value is -3.01. The van der Waals surface area contributed by atoms with E-state index in [0.717, 1.165) is 0 Å². The first kappa shape index (κ1) is 29.5. The summed E-state index contributed by atoms with van der Waals surface area (Å²) in [6.07, 6.45) is -14.3. The average Bonchev–Trinajstić information content (AvgIpc) is 2.94. The van der Waals surface area contributed by atoms with Gasteiger partial charge in [0.05, 0.1) is 18.6 Å². The van der Waals surface area contributed by atoms with Gasteiger partial charge in [0.1, 0.15) is 65.2 Å². The fraction of sp³-hybridized carbons (Fsp3) is 0.536. The van der Waals surface area contributed by atoms with E-state index in [1.807, 2.05) is 0 Å². The van der Waals surface area contributed by atoms with Crippen molar-refractivity contribution in [3.8, 4) is 23.0 Å². The number of aromatic hydroxyl groups is 2. The van der Waals surface area contributed by atoms with Crippen LogP contribution in [0.4, 0.5) is 0 Å². The number of hydrogen-bond acceptors (Lipinski definition) is 13. The molecule has 224 valence electrons. The summed E-state index contributed by atoms with van der Waals surface area (Å²) in [7, 11) is 0. The van der Waals surface area contributed by atoms with Crippen molar-refractivity contribution >= 4 is 5.78 Å². The maximum absolute atomic E-state index is 12.9. The van der Waals surface area contributed by atoms with E-state index in [1.165, 1.54) is 31.2 Å². The number of ether oxygens (including phenoxy) is 5. The minimum atomic E-state index is -1.70. The molecule has 2 aromatic carbocycles. The van der Waals surface area contributed by atoms with Gasteiger partial charge in [-0.1, -0.05) is 19.1 Å². The second kappa shape index (κ2) is 11.7. The standard InChI is InChI=1S/C28H34O13/c1-3-17-22(33)24(35)26(41-27-25(36)23(34)21(32)11(2)37-27)28(40-17)38-14-8-15(30)20-16(31)10-18(39-19(20)9-14)12-4-6-13(29)7-5-12/h4-9,11,17-18,21-30,32-36H,3,10H2,1-2H3. The van der Waals surface area contributed by atoms with Gasteiger partial charge in [0.25, 0.3) is 0 Å². The molecule has 41 heavy (non-hydrogen) atoms. The normalized spacial score (nSPS) is 37.2. The fourth-order valence-electron chi connectivity index (χ4n) is 5.26. The first-order valence-corrected chi connectivity index (χ1v) is 13.4. The minimum absolute atomic E-state index is 0.0219. The van der Waals surface area contributed by atoms with Crippen LogP contribution < -0.4 is 9.47 Å². The molecule has 0 radical (unpaired) electrons. The second-order valence-corrected chi connectivity index (χ2v) is 10.5.